The van der Waals surface area contributed by atoms with Gasteiger partial charge in [-0.25, -0.2) is 0 Å². The summed E-state index contributed by atoms with van der Waals surface area (Å²) in [7, 11) is 0. The Morgan fingerprint density at radius 2 is 1.17 bits per heavy atom. The predicted octanol–water partition coefficient (Wildman–Crippen LogP) is 8.28. The van der Waals surface area contributed by atoms with Crippen molar-refractivity contribution in [1.82, 2.24) is 0 Å². The molecule has 0 N–H and O–H groups in total. The van der Waals surface area contributed by atoms with E-state index in [1.165, 1.54) is 96.8 Å². The minimum absolute atomic E-state index is 0.118. The molecule has 0 spiro atoms. The van der Waals surface area contributed by atoms with Gasteiger partial charge in [-0.15, -0.1) is 0 Å². The summed E-state index contributed by atoms with van der Waals surface area (Å²) in [6, 6.07) is 6.80. The normalized spacial score (nSPS) is 11.8. The molecule has 0 aromatic heterocycles. The number of rotatable bonds is 23. The summed E-state index contributed by atoms with van der Waals surface area (Å²) in [5, 5.41) is 0. The lowest BCUT2D eigenvalue weighted by molar-refractivity contribution is -0.148. The highest BCUT2D eigenvalue weighted by molar-refractivity contribution is 6.22. The van der Waals surface area contributed by atoms with Gasteiger partial charge in [-0.2, -0.15) is 0 Å². The van der Waals surface area contributed by atoms with Crippen LogP contribution in [0.1, 0.15) is 134 Å². The molecule has 5 heteroatoms. The molecule has 0 radical (unpaired) electrons. The van der Waals surface area contributed by atoms with Gasteiger partial charge in [-0.3, -0.25) is 14.4 Å². The second kappa shape index (κ2) is 21.0. The molecule has 0 saturated carbocycles. The molecule has 1 atom stereocenters. The molecule has 1 aromatic rings. The molecule has 0 unspecified atom stereocenters. The first-order valence-electron chi connectivity index (χ1n) is 14.5. The third-order valence-corrected chi connectivity index (χ3v) is 6.60. The Morgan fingerprint density at radius 3 is 1.64 bits per heavy atom. The van der Waals surface area contributed by atoms with E-state index in [1.807, 2.05) is 0 Å². The summed E-state index contributed by atoms with van der Waals surface area (Å²) >= 11 is 0. The number of hydrogen-bond acceptors (Lipinski definition) is 5. The predicted molar refractivity (Wildman–Crippen MR) is 147 cm³/mol. The van der Waals surface area contributed by atoms with Crippen molar-refractivity contribution in [3.63, 3.8) is 0 Å². The Morgan fingerprint density at radius 1 is 0.694 bits per heavy atom. The van der Waals surface area contributed by atoms with Gasteiger partial charge in [0.05, 0.1) is 18.8 Å². The summed E-state index contributed by atoms with van der Waals surface area (Å²) in [6.45, 7) is 5.78. The number of carbonyl (C=O) groups excluding carboxylic acids is 3. The smallest absolute Gasteiger partial charge is 0.324 e. The fourth-order valence-corrected chi connectivity index (χ4v) is 4.47. The molecular weight excluding hydrogens is 452 g/mol. The van der Waals surface area contributed by atoms with Crippen LogP contribution in [0.2, 0.25) is 0 Å². The van der Waals surface area contributed by atoms with Gasteiger partial charge in [0.1, 0.15) is 5.75 Å². The second-order valence-corrected chi connectivity index (χ2v) is 9.81. The first-order chi connectivity index (χ1) is 17.5. The summed E-state index contributed by atoms with van der Waals surface area (Å²) in [5.41, 5.74) is 0.252. The summed E-state index contributed by atoms with van der Waals surface area (Å²) < 4.78 is 10.8. The van der Waals surface area contributed by atoms with Gasteiger partial charge >= 0.3 is 5.97 Å². The number of esters is 1. The van der Waals surface area contributed by atoms with Crippen molar-refractivity contribution in [1.29, 1.82) is 0 Å². The summed E-state index contributed by atoms with van der Waals surface area (Å²) in [6.07, 6.45) is 21.0. The molecule has 1 rings (SSSR count). The average molecular weight is 503 g/mol. The molecular formula is C31H50O5. The number of hydrogen-bond donors (Lipinski definition) is 0. The SMILES string of the molecule is CCCCCCCCCCCCCCCCCCOc1ccccc1C(=O)[C@@H](C(C)=O)C(=O)OCC. The Hall–Kier alpha value is -2.17. The quantitative estimate of drug-likeness (QED) is 0.0651. The van der Waals surface area contributed by atoms with E-state index in [0.717, 1.165) is 12.8 Å². The number of ether oxygens (including phenoxy) is 2. The number of benzene rings is 1. The van der Waals surface area contributed by atoms with E-state index in [0.29, 0.717) is 12.4 Å². The molecule has 5 nitrogen and oxygen atoms in total. The zero-order valence-electron chi connectivity index (χ0n) is 23.2. The number of Topliss-reactive ketones (excluding diaryl/α,β-unsaturated/α-hetero) is 2. The molecule has 0 fully saturated rings. The third kappa shape index (κ3) is 13.8. The van der Waals surface area contributed by atoms with Gasteiger partial charge in [0.15, 0.2) is 17.5 Å². The second-order valence-electron chi connectivity index (χ2n) is 9.81. The Labute approximate surface area is 219 Å². The molecule has 0 heterocycles. The lowest BCUT2D eigenvalue weighted by atomic mass is 9.94. The molecule has 0 aliphatic carbocycles. The van der Waals surface area contributed by atoms with Crippen LogP contribution in [-0.4, -0.2) is 30.7 Å². The van der Waals surface area contributed by atoms with E-state index < -0.39 is 23.5 Å². The van der Waals surface area contributed by atoms with Crippen LogP contribution >= 0.6 is 0 Å². The van der Waals surface area contributed by atoms with E-state index in [9.17, 15) is 14.4 Å². The fraction of sp³-hybridized carbons (Fsp3) is 0.710. The van der Waals surface area contributed by atoms with E-state index in [4.69, 9.17) is 9.47 Å². The maximum Gasteiger partial charge on any atom is 0.324 e. The van der Waals surface area contributed by atoms with Gasteiger partial charge in [-0.1, -0.05) is 115 Å². The minimum Gasteiger partial charge on any atom is -0.493 e. The molecule has 0 bridgehead atoms. The van der Waals surface area contributed by atoms with Gasteiger partial charge in [0.2, 0.25) is 0 Å². The average Bonchev–Trinajstić information content (AvgIpc) is 2.86. The summed E-state index contributed by atoms with van der Waals surface area (Å²) in [5.74, 6) is -2.92. The van der Waals surface area contributed by atoms with Gasteiger partial charge in [0, 0.05) is 0 Å². The van der Waals surface area contributed by atoms with Crippen molar-refractivity contribution in [2.45, 2.75) is 124 Å². The molecule has 1 aromatic carbocycles. The molecule has 0 saturated heterocycles. The maximum atomic E-state index is 12.9. The van der Waals surface area contributed by atoms with E-state index >= 15 is 0 Å². The topological polar surface area (TPSA) is 69.7 Å². The first kappa shape index (κ1) is 31.9. The Kier molecular flexibility index (Phi) is 18.6. The van der Waals surface area contributed by atoms with Crippen LogP contribution in [0.5, 0.6) is 5.75 Å². The highest BCUT2D eigenvalue weighted by Gasteiger charge is 2.34. The zero-order chi connectivity index (χ0) is 26.4. The monoisotopic (exact) mass is 502 g/mol. The van der Waals surface area contributed by atoms with Crippen molar-refractivity contribution in [3.8, 4) is 5.75 Å². The minimum atomic E-state index is -1.44. The van der Waals surface area contributed by atoms with Crippen LogP contribution in [0.15, 0.2) is 24.3 Å². The van der Waals surface area contributed by atoms with E-state index in [1.54, 1.807) is 31.2 Å². The third-order valence-electron chi connectivity index (χ3n) is 6.60. The van der Waals surface area contributed by atoms with Crippen molar-refractivity contribution >= 4 is 17.5 Å². The van der Waals surface area contributed by atoms with Crippen molar-refractivity contribution < 1.29 is 23.9 Å². The number of ketones is 2. The standard InChI is InChI=1S/C31H50O5/c1-4-6-7-8-9-10-11-12-13-14-15-16-17-18-19-22-25-36-28-24-21-20-23-27(28)30(33)29(26(3)32)31(34)35-5-2/h20-21,23-24,29H,4-19,22,25H2,1-3H3/t29-/m1/s1. The number of carbonyl (C=O) groups is 3. The number of para-hydroxylation sites is 1. The van der Waals surface area contributed by atoms with Crippen LogP contribution in [0.25, 0.3) is 0 Å². The van der Waals surface area contributed by atoms with Gasteiger partial charge < -0.3 is 9.47 Å². The Balaban J connectivity index is 2.17. The number of unbranched alkanes of at least 4 members (excludes halogenated alkanes) is 15. The molecule has 0 aliphatic rings. The van der Waals surface area contributed by atoms with Crippen molar-refractivity contribution in [2.24, 2.45) is 5.92 Å². The fourth-order valence-electron chi connectivity index (χ4n) is 4.47. The van der Waals surface area contributed by atoms with Crippen LogP contribution < -0.4 is 4.74 Å². The molecule has 0 amide bonds. The lowest BCUT2D eigenvalue weighted by Crippen LogP contribution is -2.32. The highest BCUT2D eigenvalue weighted by Crippen LogP contribution is 2.23. The lowest BCUT2D eigenvalue weighted by Gasteiger charge is -2.15. The van der Waals surface area contributed by atoms with Gasteiger partial charge in [0.25, 0.3) is 0 Å². The van der Waals surface area contributed by atoms with Crippen molar-refractivity contribution in [2.75, 3.05) is 13.2 Å². The summed E-state index contributed by atoms with van der Waals surface area (Å²) in [4.78, 5) is 37.0. The molecule has 204 valence electrons. The largest absolute Gasteiger partial charge is 0.493 e. The molecule has 36 heavy (non-hydrogen) atoms. The van der Waals surface area contributed by atoms with Gasteiger partial charge in [-0.05, 0) is 32.4 Å². The van der Waals surface area contributed by atoms with E-state index in [-0.39, 0.29) is 12.2 Å². The van der Waals surface area contributed by atoms with Crippen LogP contribution in [0.4, 0.5) is 0 Å². The maximum absolute atomic E-state index is 12.9. The highest BCUT2D eigenvalue weighted by atomic mass is 16.5. The van der Waals surface area contributed by atoms with Crippen LogP contribution in [0, 0.1) is 5.92 Å². The first-order valence-corrected chi connectivity index (χ1v) is 14.5. The zero-order valence-corrected chi connectivity index (χ0v) is 23.2. The van der Waals surface area contributed by atoms with Crippen LogP contribution in [-0.2, 0) is 14.3 Å². The van der Waals surface area contributed by atoms with Crippen molar-refractivity contribution in [3.05, 3.63) is 29.8 Å². The van der Waals surface area contributed by atoms with Crippen LogP contribution in [0.3, 0.4) is 0 Å². The van der Waals surface area contributed by atoms with E-state index in [2.05, 4.69) is 6.92 Å². The molecule has 0 aliphatic heterocycles. The Bertz CT molecular complexity index is 742.